The van der Waals surface area contributed by atoms with Crippen LogP contribution >= 0.6 is 0 Å². The van der Waals surface area contributed by atoms with E-state index in [1.54, 1.807) is 0 Å². The molecule has 14 heteroatoms. The number of likely N-dealkylation sites (N-methyl/N-ethyl adjacent to an activating group) is 1. The SMILES string of the molecule is CN1CCN(Cc2ccc3[nH]ccc3c2)CC1.N.N.N.N.N.N.N.N.N.N.N. The summed E-state index contributed by atoms with van der Waals surface area (Å²) in [5.74, 6) is 0. The summed E-state index contributed by atoms with van der Waals surface area (Å²) in [5, 5.41) is 1.32. The zero-order valence-corrected chi connectivity index (χ0v) is 18.1. The smallest absolute Gasteiger partial charge is 0.0454 e. The van der Waals surface area contributed by atoms with Gasteiger partial charge in [0.25, 0.3) is 0 Å². The van der Waals surface area contributed by atoms with Crippen LogP contribution in [0.2, 0.25) is 0 Å². The molecule has 0 spiro atoms. The molecular formula is C14H52N14. The van der Waals surface area contributed by atoms with Crippen LogP contribution in [0.3, 0.4) is 0 Å². The van der Waals surface area contributed by atoms with Crippen LogP contribution in [-0.2, 0) is 6.54 Å². The lowest BCUT2D eigenvalue weighted by Crippen LogP contribution is -2.43. The molecule has 2 aromatic rings. The number of H-pyrrole nitrogens is 1. The molecule has 1 aliphatic heterocycles. The second-order valence-electron chi connectivity index (χ2n) is 4.98. The molecule has 28 heavy (non-hydrogen) atoms. The van der Waals surface area contributed by atoms with Gasteiger partial charge < -0.3 is 77.5 Å². The first-order valence-electron chi connectivity index (χ1n) is 6.28. The second-order valence-corrected chi connectivity index (χ2v) is 4.98. The molecule has 0 aliphatic carbocycles. The summed E-state index contributed by atoms with van der Waals surface area (Å²) in [7, 11) is 2.20. The van der Waals surface area contributed by atoms with Crippen LogP contribution in [0, 0.1) is 0 Å². The lowest BCUT2D eigenvalue weighted by atomic mass is 10.1. The molecule has 1 aliphatic rings. The van der Waals surface area contributed by atoms with Gasteiger partial charge in [-0.2, -0.15) is 0 Å². The lowest BCUT2D eigenvalue weighted by molar-refractivity contribution is 0.148. The fourth-order valence-corrected chi connectivity index (χ4v) is 2.47. The summed E-state index contributed by atoms with van der Waals surface area (Å²) in [4.78, 5) is 8.17. The molecule has 1 aromatic carbocycles. The van der Waals surface area contributed by atoms with E-state index >= 15 is 0 Å². The zero-order chi connectivity index (χ0) is 11.7. The van der Waals surface area contributed by atoms with E-state index in [1.807, 2.05) is 6.20 Å². The summed E-state index contributed by atoms with van der Waals surface area (Å²) in [6.45, 7) is 5.82. The highest BCUT2D eigenvalue weighted by atomic mass is 15.2. The van der Waals surface area contributed by atoms with Crippen LogP contribution in [0.25, 0.3) is 10.9 Å². The van der Waals surface area contributed by atoms with Crippen LogP contribution < -0.4 is 67.7 Å². The summed E-state index contributed by atoms with van der Waals surface area (Å²) in [6, 6.07) is 8.85. The van der Waals surface area contributed by atoms with Gasteiger partial charge in [0.15, 0.2) is 0 Å². The number of aromatic amines is 1. The molecule has 34 N–H and O–H groups in total. The fraction of sp³-hybridized carbons (Fsp3) is 0.429. The van der Waals surface area contributed by atoms with Crippen molar-refractivity contribution in [2.75, 3.05) is 33.2 Å². The van der Waals surface area contributed by atoms with Crippen molar-refractivity contribution in [3.8, 4) is 0 Å². The maximum atomic E-state index is 3.24. The highest BCUT2D eigenvalue weighted by Crippen LogP contribution is 2.16. The quantitative estimate of drug-likeness (QED) is 0.332. The van der Waals surface area contributed by atoms with Crippen molar-refractivity contribution in [1.82, 2.24) is 82.4 Å². The molecule has 1 fully saturated rings. The molecule has 0 amide bonds. The van der Waals surface area contributed by atoms with Crippen LogP contribution in [0.4, 0.5) is 0 Å². The number of nitrogens with one attached hydrogen (secondary N) is 1. The molecular weight excluding hydrogens is 364 g/mol. The van der Waals surface area contributed by atoms with Crippen LogP contribution in [-0.4, -0.2) is 48.0 Å². The van der Waals surface area contributed by atoms with Crippen LogP contribution in [0.15, 0.2) is 30.5 Å². The Morgan fingerprint density at radius 1 is 0.714 bits per heavy atom. The minimum atomic E-state index is 0. The van der Waals surface area contributed by atoms with E-state index in [-0.39, 0.29) is 67.7 Å². The zero-order valence-electron chi connectivity index (χ0n) is 18.1. The van der Waals surface area contributed by atoms with Gasteiger partial charge in [0.1, 0.15) is 0 Å². The number of hydrogen-bond donors (Lipinski definition) is 12. The topological polar surface area (TPSA) is 407 Å². The Morgan fingerprint density at radius 3 is 1.71 bits per heavy atom. The normalized spacial score (nSPS) is 11.5. The minimum Gasteiger partial charge on any atom is -0.361 e. The molecule has 0 bridgehead atoms. The van der Waals surface area contributed by atoms with E-state index in [0.717, 1.165) is 6.54 Å². The van der Waals surface area contributed by atoms with Gasteiger partial charge in [0.05, 0.1) is 0 Å². The highest BCUT2D eigenvalue weighted by molar-refractivity contribution is 5.79. The Morgan fingerprint density at radius 2 is 1.21 bits per heavy atom. The summed E-state index contributed by atoms with van der Waals surface area (Å²) in [5.41, 5.74) is 2.65. The molecule has 0 saturated carbocycles. The van der Waals surface area contributed by atoms with Gasteiger partial charge >= 0.3 is 0 Å². The number of aromatic nitrogens is 1. The average molecular weight is 417 g/mol. The monoisotopic (exact) mass is 416 g/mol. The Balaban J connectivity index is -0.0000000469. The van der Waals surface area contributed by atoms with Crippen molar-refractivity contribution in [1.29, 1.82) is 0 Å². The Labute approximate surface area is 170 Å². The second kappa shape index (κ2) is 25.2. The molecule has 1 saturated heterocycles. The van der Waals surface area contributed by atoms with Crippen molar-refractivity contribution in [2.24, 2.45) is 0 Å². The van der Waals surface area contributed by atoms with E-state index in [0.29, 0.717) is 0 Å². The average Bonchev–Trinajstić information content (AvgIpc) is 2.79. The van der Waals surface area contributed by atoms with Gasteiger partial charge in [0.2, 0.25) is 0 Å². The standard InChI is InChI=1S/C14H19N3.11H3N/c1-16-6-8-17(9-7-16)11-12-2-3-14-13(10-12)4-5-15-14;;;;;;;;;;;/h2-5,10,15H,6-9,11H2,1H3;11*1H3. The molecule has 0 radical (unpaired) electrons. The van der Waals surface area contributed by atoms with Crippen molar-refractivity contribution in [2.45, 2.75) is 6.54 Å². The molecule has 0 atom stereocenters. The van der Waals surface area contributed by atoms with E-state index in [2.05, 4.69) is 46.1 Å². The van der Waals surface area contributed by atoms with Crippen molar-refractivity contribution < 1.29 is 0 Å². The number of rotatable bonds is 2. The number of piperazine rings is 1. The Bertz CT molecular complexity index is 511. The molecule has 2 heterocycles. The van der Waals surface area contributed by atoms with Gasteiger partial charge in [0, 0.05) is 44.4 Å². The van der Waals surface area contributed by atoms with Gasteiger partial charge in [-0.15, -0.1) is 0 Å². The highest BCUT2D eigenvalue weighted by Gasteiger charge is 2.13. The van der Waals surface area contributed by atoms with E-state index in [4.69, 9.17) is 0 Å². The van der Waals surface area contributed by atoms with Crippen molar-refractivity contribution in [3.05, 3.63) is 36.0 Å². The lowest BCUT2D eigenvalue weighted by Gasteiger charge is -2.32. The third-order valence-corrected chi connectivity index (χ3v) is 3.62. The molecule has 178 valence electrons. The minimum absolute atomic E-state index is 0. The number of nitrogens with zero attached hydrogens (tertiary/aromatic N) is 2. The molecule has 3 rings (SSSR count). The Kier molecular flexibility index (Phi) is 50.7. The molecule has 0 unspecified atom stereocenters. The van der Waals surface area contributed by atoms with E-state index in [1.165, 1.54) is 42.6 Å². The maximum absolute atomic E-state index is 3.24. The van der Waals surface area contributed by atoms with Crippen molar-refractivity contribution in [3.63, 3.8) is 0 Å². The third-order valence-electron chi connectivity index (χ3n) is 3.62. The Hall–Kier alpha value is -1.76. The first-order chi connectivity index (χ1) is 8.31. The summed E-state index contributed by atoms with van der Waals surface area (Å²) >= 11 is 0. The van der Waals surface area contributed by atoms with Gasteiger partial charge in [-0.3, -0.25) is 4.90 Å². The van der Waals surface area contributed by atoms with Crippen LogP contribution in [0.1, 0.15) is 5.56 Å². The predicted octanol–water partition coefficient (Wildman–Crippen LogP) is 3.70. The van der Waals surface area contributed by atoms with Gasteiger partial charge in [-0.25, -0.2) is 0 Å². The first-order valence-corrected chi connectivity index (χ1v) is 6.28. The summed E-state index contributed by atoms with van der Waals surface area (Å²) < 4.78 is 0. The fourth-order valence-electron chi connectivity index (χ4n) is 2.47. The maximum Gasteiger partial charge on any atom is 0.0454 e. The summed E-state index contributed by atoms with van der Waals surface area (Å²) in [6.07, 6.45) is 2.00. The van der Waals surface area contributed by atoms with Crippen LogP contribution in [0.5, 0.6) is 0 Å². The van der Waals surface area contributed by atoms with Gasteiger partial charge in [-0.05, 0) is 36.2 Å². The van der Waals surface area contributed by atoms with E-state index in [9.17, 15) is 0 Å². The van der Waals surface area contributed by atoms with Gasteiger partial charge in [-0.1, -0.05) is 6.07 Å². The third kappa shape index (κ3) is 13.4. The number of fused-ring (bicyclic) bond motifs is 1. The molecule has 14 nitrogen and oxygen atoms in total. The largest absolute Gasteiger partial charge is 0.361 e. The number of benzene rings is 1. The molecule has 1 aromatic heterocycles. The van der Waals surface area contributed by atoms with E-state index < -0.39 is 0 Å². The first kappa shape index (κ1) is 56.2. The predicted molar refractivity (Wildman–Crippen MR) is 126 cm³/mol. The van der Waals surface area contributed by atoms with Crippen molar-refractivity contribution >= 4 is 10.9 Å². The number of hydrogen-bond acceptors (Lipinski definition) is 13.